The van der Waals surface area contributed by atoms with Crippen molar-refractivity contribution >= 4 is 5.91 Å². The summed E-state index contributed by atoms with van der Waals surface area (Å²) >= 11 is 0. The second-order valence-electron chi connectivity index (χ2n) is 6.27. The van der Waals surface area contributed by atoms with Crippen molar-refractivity contribution < 1.29 is 14.6 Å². The van der Waals surface area contributed by atoms with Gasteiger partial charge in [-0.15, -0.1) is 0 Å². The number of ether oxygens (including phenoxy) is 1. The Morgan fingerprint density at radius 2 is 1.91 bits per heavy atom. The Labute approximate surface area is 132 Å². The van der Waals surface area contributed by atoms with Crippen molar-refractivity contribution in [3.63, 3.8) is 0 Å². The molecule has 1 heterocycles. The predicted molar refractivity (Wildman–Crippen MR) is 85.8 cm³/mol. The number of aliphatic hydroxyl groups is 1. The Kier molecular flexibility index (Phi) is 5.80. The molecule has 0 aliphatic carbocycles. The lowest BCUT2D eigenvalue weighted by atomic mass is 9.96. The first-order chi connectivity index (χ1) is 10.4. The number of β-amino-alcohol motifs (C(OH)–C–C–N with tert-alkyl or cyclic N) is 1. The van der Waals surface area contributed by atoms with E-state index in [2.05, 4.69) is 11.0 Å². The number of amides is 1. The Bertz CT molecular complexity index is 490. The summed E-state index contributed by atoms with van der Waals surface area (Å²) in [5.74, 6) is 0.572. The molecule has 22 heavy (non-hydrogen) atoms. The predicted octanol–water partition coefficient (Wildman–Crippen LogP) is 1.24. The molecule has 0 spiro atoms. The molecular formula is C17H26N2O3. The summed E-state index contributed by atoms with van der Waals surface area (Å²) in [6, 6.07) is 6.03. The summed E-state index contributed by atoms with van der Waals surface area (Å²) in [5.41, 5.74) is 7.63. The Morgan fingerprint density at radius 1 is 1.32 bits per heavy atom. The summed E-state index contributed by atoms with van der Waals surface area (Å²) in [4.78, 5) is 13.3. The van der Waals surface area contributed by atoms with Gasteiger partial charge in [0, 0.05) is 12.5 Å². The van der Waals surface area contributed by atoms with Crippen molar-refractivity contribution in [2.45, 2.75) is 32.8 Å². The summed E-state index contributed by atoms with van der Waals surface area (Å²) in [6.45, 7) is 6.50. The fraction of sp³-hybridized carbons (Fsp3) is 0.588. The number of aliphatic hydroxyl groups excluding tert-OH is 1. The van der Waals surface area contributed by atoms with Crippen molar-refractivity contribution in [2.75, 3.05) is 26.2 Å². The van der Waals surface area contributed by atoms with E-state index in [0.29, 0.717) is 6.54 Å². The van der Waals surface area contributed by atoms with E-state index >= 15 is 0 Å². The summed E-state index contributed by atoms with van der Waals surface area (Å²) in [5, 5.41) is 10.1. The Hall–Kier alpha value is -1.59. The molecule has 122 valence electrons. The topological polar surface area (TPSA) is 75.8 Å². The number of hydrogen-bond acceptors (Lipinski definition) is 4. The molecule has 1 aromatic carbocycles. The molecule has 1 fully saturated rings. The zero-order valence-electron chi connectivity index (χ0n) is 13.4. The van der Waals surface area contributed by atoms with Crippen LogP contribution in [0.1, 0.15) is 24.0 Å². The van der Waals surface area contributed by atoms with E-state index in [0.717, 1.165) is 42.8 Å². The number of rotatable bonds is 6. The average Bonchev–Trinajstić information content (AvgIpc) is 2.45. The van der Waals surface area contributed by atoms with Crippen LogP contribution < -0.4 is 10.5 Å². The van der Waals surface area contributed by atoms with E-state index in [9.17, 15) is 9.90 Å². The van der Waals surface area contributed by atoms with Gasteiger partial charge >= 0.3 is 0 Å². The number of nitrogens with two attached hydrogens (primary N) is 1. The monoisotopic (exact) mass is 306 g/mol. The zero-order chi connectivity index (χ0) is 16.1. The van der Waals surface area contributed by atoms with E-state index < -0.39 is 6.10 Å². The van der Waals surface area contributed by atoms with Gasteiger partial charge in [0.2, 0.25) is 5.91 Å². The highest BCUT2D eigenvalue weighted by molar-refractivity contribution is 5.76. The summed E-state index contributed by atoms with van der Waals surface area (Å²) < 4.78 is 5.68. The lowest BCUT2D eigenvalue weighted by Crippen LogP contribution is -2.43. The van der Waals surface area contributed by atoms with Gasteiger partial charge in [-0.25, -0.2) is 0 Å². The molecule has 5 heteroatoms. The second-order valence-corrected chi connectivity index (χ2v) is 6.27. The third kappa shape index (κ3) is 5.00. The number of aryl methyl sites for hydroxylation is 2. The molecule has 1 unspecified atom stereocenters. The van der Waals surface area contributed by atoms with Gasteiger partial charge < -0.3 is 20.5 Å². The number of piperidine rings is 1. The first-order valence-electron chi connectivity index (χ1n) is 7.85. The normalized spacial score (nSPS) is 18.1. The van der Waals surface area contributed by atoms with Crippen LogP contribution >= 0.6 is 0 Å². The van der Waals surface area contributed by atoms with E-state index in [1.807, 2.05) is 26.0 Å². The Balaban J connectivity index is 1.74. The zero-order valence-corrected chi connectivity index (χ0v) is 13.4. The highest BCUT2D eigenvalue weighted by Gasteiger charge is 2.24. The molecule has 0 saturated carbocycles. The molecular weight excluding hydrogens is 280 g/mol. The van der Waals surface area contributed by atoms with Crippen LogP contribution in [0.25, 0.3) is 0 Å². The minimum absolute atomic E-state index is 0.0140. The molecule has 5 nitrogen and oxygen atoms in total. The maximum absolute atomic E-state index is 11.1. The van der Waals surface area contributed by atoms with Crippen LogP contribution in [0.15, 0.2) is 18.2 Å². The lowest BCUT2D eigenvalue weighted by molar-refractivity contribution is -0.123. The second kappa shape index (κ2) is 7.61. The molecule has 1 atom stereocenters. The maximum atomic E-state index is 11.1. The van der Waals surface area contributed by atoms with E-state index in [1.54, 1.807) is 0 Å². The van der Waals surface area contributed by atoms with Crippen molar-refractivity contribution in [2.24, 2.45) is 11.7 Å². The number of primary amides is 1. The highest BCUT2D eigenvalue weighted by Crippen LogP contribution is 2.18. The third-order valence-corrected chi connectivity index (χ3v) is 4.10. The first kappa shape index (κ1) is 16.8. The number of benzene rings is 1. The fourth-order valence-electron chi connectivity index (χ4n) is 2.96. The molecule has 2 rings (SSSR count). The van der Waals surface area contributed by atoms with Gasteiger partial charge in [-0.3, -0.25) is 4.79 Å². The van der Waals surface area contributed by atoms with Crippen LogP contribution in [0.3, 0.4) is 0 Å². The van der Waals surface area contributed by atoms with Gasteiger partial charge in [-0.1, -0.05) is 6.07 Å². The quantitative estimate of drug-likeness (QED) is 0.829. The molecule has 0 aromatic heterocycles. The average molecular weight is 306 g/mol. The van der Waals surface area contributed by atoms with Crippen molar-refractivity contribution in [3.05, 3.63) is 29.3 Å². The highest BCUT2D eigenvalue weighted by atomic mass is 16.5. The third-order valence-electron chi connectivity index (χ3n) is 4.10. The minimum Gasteiger partial charge on any atom is -0.491 e. The van der Waals surface area contributed by atoms with Crippen molar-refractivity contribution in [1.29, 1.82) is 0 Å². The summed E-state index contributed by atoms with van der Waals surface area (Å²) in [7, 11) is 0. The SMILES string of the molecule is Cc1cc(C)cc(OCC(O)CN2CCC(C(N)=O)CC2)c1. The number of carbonyl (C=O) groups excluding carboxylic acids is 1. The van der Waals surface area contributed by atoms with E-state index in [-0.39, 0.29) is 18.4 Å². The van der Waals surface area contributed by atoms with Gasteiger partial charge in [0.15, 0.2) is 0 Å². The van der Waals surface area contributed by atoms with Crippen LogP contribution in [-0.4, -0.2) is 48.3 Å². The van der Waals surface area contributed by atoms with Crippen LogP contribution in [0.5, 0.6) is 5.75 Å². The molecule has 1 aliphatic rings. The molecule has 3 N–H and O–H groups in total. The molecule has 1 saturated heterocycles. The Morgan fingerprint density at radius 3 is 2.45 bits per heavy atom. The van der Waals surface area contributed by atoms with Gasteiger partial charge in [-0.05, 0) is 63.0 Å². The van der Waals surface area contributed by atoms with Crippen LogP contribution in [-0.2, 0) is 4.79 Å². The minimum atomic E-state index is -0.536. The number of hydrogen-bond donors (Lipinski definition) is 2. The largest absolute Gasteiger partial charge is 0.491 e. The van der Waals surface area contributed by atoms with E-state index in [4.69, 9.17) is 10.5 Å². The van der Waals surface area contributed by atoms with Gasteiger partial charge in [0.25, 0.3) is 0 Å². The van der Waals surface area contributed by atoms with Crippen LogP contribution in [0.4, 0.5) is 0 Å². The lowest BCUT2D eigenvalue weighted by Gasteiger charge is -2.31. The summed E-state index contributed by atoms with van der Waals surface area (Å²) in [6.07, 6.45) is 1.02. The van der Waals surface area contributed by atoms with Crippen LogP contribution in [0.2, 0.25) is 0 Å². The number of nitrogens with zero attached hydrogens (tertiary/aromatic N) is 1. The van der Waals surface area contributed by atoms with Gasteiger partial charge in [0.1, 0.15) is 18.5 Å². The molecule has 1 aromatic rings. The number of likely N-dealkylation sites (tertiary alicyclic amines) is 1. The first-order valence-corrected chi connectivity index (χ1v) is 7.85. The fourth-order valence-corrected chi connectivity index (χ4v) is 2.96. The molecule has 0 bridgehead atoms. The molecule has 1 amide bonds. The van der Waals surface area contributed by atoms with Crippen molar-refractivity contribution in [3.8, 4) is 5.75 Å². The van der Waals surface area contributed by atoms with E-state index in [1.165, 1.54) is 0 Å². The maximum Gasteiger partial charge on any atom is 0.220 e. The van der Waals surface area contributed by atoms with Gasteiger partial charge in [0.05, 0.1) is 0 Å². The molecule has 1 aliphatic heterocycles. The molecule has 0 radical (unpaired) electrons. The van der Waals surface area contributed by atoms with Crippen LogP contribution in [0, 0.1) is 19.8 Å². The number of carbonyl (C=O) groups is 1. The standard InChI is InChI=1S/C17H26N2O3/c1-12-7-13(2)9-16(8-12)22-11-15(20)10-19-5-3-14(4-6-19)17(18)21/h7-9,14-15,20H,3-6,10-11H2,1-2H3,(H2,18,21). The van der Waals surface area contributed by atoms with Crippen molar-refractivity contribution in [1.82, 2.24) is 4.90 Å². The van der Waals surface area contributed by atoms with Gasteiger partial charge in [-0.2, -0.15) is 0 Å². The smallest absolute Gasteiger partial charge is 0.220 e.